The molecule has 0 aliphatic carbocycles. The van der Waals surface area contributed by atoms with Gasteiger partial charge in [-0.25, -0.2) is 4.39 Å². The maximum Gasteiger partial charge on any atom is 0.126 e. The van der Waals surface area contributed by atoms with Gasteiger partial charge in [0.1, 0.15) is 5.82 Å². The standard InChI is InChI=1S/C8H7FN2/c1-5-2-8-6(3-7(5)9)4-10-11-8/h2-4H,1H3,(H,10,11). The fourth-order valence-electron chi connectivity index (χ4n) is 1.07. The van der Waals surface area contributed by atoms with Gasteiger partial charge in [-0.2, -0.15) is 5.10 Å². The van der Waals surface area contributed by atoms with E-state index >= 15 is 0 Å². The zero-order valence-corrected chi connectivity index (χ0v) is 6.06. The van der Waals surface area contributed by atoms with E-state index in [-0.39, 0.29) is 5.82 Å². The van der Waals surface area contributed by atoms with Crippen LogP contribution in [-0.2, 0) is 0 Å². The molecule has 11 heavy (non-hydrogen) atoms. The highest BCUT2D eigenvalue weighted by Gasteiger charge is 2.00. The van der Waals surface area contributed by atoms with Gasteiger partial charge in [0.25, 0.3) is 0 Å². The van der Waals surface area contributed by atoms with E-state index in [0.717, 1.165) is 10.9 Å². The molecule has 3 heteroatoms. The Balaban J connectivity index is 2.86. The minimum atomic E-state index is -0.182. The van der Waals surface area contributed by atoms with E-state index in [0.29, 0.717) is 5.56 Å². The first-order chi connectivity index (χ1) is 5.27. The van der Waals surface area contributed by atoms with Gasteiger partial charge in [0.05, 0.1) is 11.7 Å². The fourth-order valence-corrected chi connectivity index (χ4v) is 1.07. The first-order valence-electron chi connectivity index (χ1n) is 3.36. The van der Waals surface area contributed by atoms with E-state index in [1.807, 2.05) is 0 Å². The van der Waals surface area contributed by atoms with Gasteiger partial charge in [-0.1, -0.05) is 0 Å². The molecule has 2 nitrogen and oxygen atoms in total. The Morgan fingerprint density at radius 1 is 1.45 bits per heavy atom. The molecule has 0 unspecified atom stereocenters. The Labute approximate surface area is 63.0 Å². The molecule has 56 valence electrons. The van der Waals surface area contributed by atoms with Crippen LogP contribution < -0.4 is 0 Å². The Hall–Kier alpha value is -1.38. The average Bonchev–Trinajstić information content (AvgIpc) is 2.36. The van der Waals surface area contributed by atoms with E-state index in [1.165, 1.54) is 6.07 Å². The van der Waals surface area contributed by atoms with Crippen molar-refractivity contribution in [1.29, 1.82) is 0 Å². The van der Waals surface area contributed by atoms with Gasteiger partial charge in [-0.05, 0) is 24.6 Å². The van der Waals surface area contributed by atoms with Gasteiger partial charge >= 0.3 is 0 Å². The minimum absolute atomic E-state index is 0.182. The third-order valence-electron chi connectivity index (χ3n) is 1.72. The molecule has 0 amide bonds. The highest BCUT2D eigenvalue weighted by molar-refractivity contribution is 5.78. The Morgan fingerprint density at radius 2 is 2.27 bits per heavy atom. The van der Waals surface area contributed by atoms with Crippen molar-refractivity contribution < 1.29 is 4.39 Å². The lowest BCUT2D eigenvalue weighted by molar-refractivity contribution is 0.620. The lowest BCUT2D eigenvalue weighted by Crippen LogP contribution is -1.80. The number of rotatable bonds is 0. The zero-order chi connectivity index (χ0) is 7.84. The molecule has 0 radical (unpaired) electrons. The van der Waals surface area contributed by atoms with Gasteiger partial charge in [-0.15, -0.1) is 0 Å². The molecule has 2 rings (SSSR count). The Bertz CT molecular complexity index is 356. The van der Waals surface area contributed by atoms with Crippen LogP contribution in [-0.4, -0.2) is 10.2 Å². The molecule has 2 aromatic rings. The number of halogens is 1. The average molecular weight is 150 g/mol. The molecule has 0 atom stereocenters. The van der Waals surface area contributed by atoms with E-state index in [1.54, 1.807) is 19.2 Å². The predicted molar refractivity (Wildman–Crippen MR) is 40.8 cm³/mol. The topological polar surface area (TPSA) is 28.7 Å². The van der Waals surface area contributed by atoms with Crippen LogP contribution in [0.2, 0.25) is 0 Å². The minimum Gasteiger partial charge on any atom is -0.278 e. The second kappa shape index (κ2) is 2.05. The summed E-state index contributed by atoms with van der Waals surface area (Å²) in [4.78, 5) is 0. The molecule has 1 aromatic heterocycles. The summed E-state index contributed by atoms with van der Waals surface area (Å²) in [6, 6.07) is 3.23. The number of fused-ring (bicyclic) bond motifs is 1. The predicted octanol–water partition coefficient (Wildman–Crippen LogP) is 2.01. The van der Waals surface area contributed by atoms with Gasteiger partial charge in [0.15, 0.2) is 0 Å². The Kier molecular flexibility index (Phi) is 1.18. The number of H-pyrrole nitrogens is 1. The van der Waals surface area contributed by atoms with E-state index < -0.39 is 0 Å². The molecule has 1 heterocycles. The number of hydrogen-bond acceptors (Lipinski definition) is 1. The van der Waals surface area contributed by atoms with E-state index in [4.69, 9.17) is 0 Å². The van der Waals surface area contributed by atoms with Crippen molar-refractivity contribution in [3.63, 3.8) is 0 Å². The number of aryl methyl sites for hydroxylation is 1. The molecule has 0 aliphatic rings. The molecule has 0 fully saturated rings. The van der Waals surface area contributed by atoms with Gasteiger partial charge in [-0.3, -0.25) is 5.10 Å². The first kappa shape index (κ1) is 6.34. The summed E-state index contributed by atoms with van der Waals surface area (Å²) in [6.07, 6.45) is 1.61. The van der Waals surface area contributed by atoms with Crippen molar-refractivity contribution in [3.05, 3.63) is 29.7 Å². The van der Waals surface area contributed by atoms with Crippen LogP contribution in [0.5, 0.6) is 0 Å². The summed E-state index contributed by atoms with van der Waals surface area (Å²) in [7, 11) is 0. The number of nitrogens with one attached hydrogen (secondary N) is 1. The van der Waals surface area contributed by atoms with Gasteiger partial charge in [0.2, 0.25) is 0 Å². The molecular formula is C8H7FN2. The van der Waals surface area contributed by atoms with Crippen molar-refractivity contribution in [2.24, 2.45) is 0 Å². The molecular weight excluding hydrogens is 143 g/mol. The van der Waals surface area contributed by atoms with Crippen molar-refractivity contribution in [2.75, 3.05) is 0 Å². The van der Waals surface area contributed by atoms with Crippen LogP contribution in [0.3, 0.4) is 0 Å². The van der Waals surface area contributed by atoms with Crippen molar-refractivity contribution in [3.8, 4) is 0 Å². The maximum absolute atomic E-state index is 12.9. The molecule has 0 saturated heterocycles. The van der Waals surface area contributed by atoms with Crippen LogP contribution in [0, 0.1) is 12.7 Å². The maximum atomic E-state index is 12.9. The summed E-state index contributed by atoms with van der Waals surface area (Å²) in [5.41, 5.74) is 1.52. The number of nitrogens with zero attached hydrogens (tertiary/aromatic N) is 1. The normalized spacial score (nSPS) is 10.7. The lowest BCUT2D eigenvalue weighted by Gasteiger charge is -1.93. The highest BCUT2D eigenvalue weighted by atomic mass is 19.1. The van der Waals surface area contributed by atoms with Crippen molar-refractivity contribution in [1.82, 2.24) is 10.2 Å². The number of hydrogen-bond donors (Lipinski definition) is 1. The lowest BCUT2D eigenvalue weighted by atomic mass is 10.2. The van der Waals surface area contributed by atoms with Gasteiger partial charge < -0.3 is 0 Å². The van der Waals surface area contributed by atoms with Gasteiger partial charge in [0, 0.05) is 5.39 Å². The summed E-state index contributed by atoms with van der Waals surface area (Å²) >= 11 is 0. The second-order valence-corrected chi connectivity index (χ2v) is 2.56. The van der Waals surface area contributed by atoms with Crippen LogP contribution in [0.25, 0.3) is 10.9 Å². The molecule has 0 bridgehead atoms. The SMILES string of the molecule is Cc1cc2[nH]ncc2cc1F. The molecule has 1 N–H and O–H groups in total. The van der Waals surface area contributed by atoms with E-state index in [2.05, 4.69) is 10.2 Å². The summed E-state index contributed by atoms with van der Waals surface area (Å²) in [6.45, 7) is 1.73. The summed E-state index contributed by atoms with van der Waals surface area (Å²) in [5, 5.41) is 7.38. The third-order valence-corrected chi connectivity index (χ3v) is 1.72. The monoisotopic (exact) mass is 150 g/mol. The molecule has 1 aromatic carbocycles. The quantitative estimate of drug-likeness (QED) is 0.611. The van der Waals surface area contributed by atoms with Crippen molar-refractivity contribution >= 4 is 10.9 Å². The third kappa shape index (κ3) is 0.888. The second-order valence-electron chi connectivity index (χ2n) is 2.56. The zero-order valence-electron chi connectivity index (χ0n) is 6.06. The smallest absolute Gasteiger partial charge is 0.126 e. The number of aromatic nitrogens is 2. The van der Waals surface area contributed by atoms with E-state index in [9.17, 15) is 4.39 Å². The highest BCUT2D eigenvalue weighted by Crippen LogP contribution is 2.15. The van der Waals surface area contributed by atoms with Crippen LogP contribution >= 0.6 is 0 Å². The fraction of sp³-hybridized carbons (Fsp3) is 0.125. The largest absolute Gasteiger partial charge is 0.278 e. The van der Waals surface area contributed by atoms with Crippen LogP contribution in [0.1, 0.15) is 5.56 Å². The van der Waals surface area contributed by atoms with Crippen molar-refractivity contribution in [2.45, 2.75) is 6.92 Å². The number of aromatic amines is 1. The first-order valence-corrected chi connectivity index (χ1v) is 3.36. The molecule has 0 spiro atoms. The molecule has 0 saturated carbocycles. The van der Waals surface area contributed by atoms with Crippen LogP contribution in [0.15, 0.2) is 18.3 Å². The Morgan fingerprint density at radius 3 is 3.09 bits per heavy atom. The van der Waals surface area contributed by atoms with Crippen LogP contribution in [0.4, 0.5) is 4.39 Å². The summed E-state index contributed by atoms with van der Waals surface area (Å²) < 4.78 is 12.9. The summed E-state index contributed by atoms with van der Waals surface area (Å²) in [5.74, 6) is -0.182. The number of benzene rings is 1. The molecule has 0 aliphatic heterocycles.